The van der Waals surface area contributed by atoms with E-state index in [0.29, 0.717) is 5.75 Å². The summed E-state index contributed by atoms with van der Waals surface area (Å²) < 4.78 is 2.09. The first-order valence-corrected chi connectivity index (χ1v) is 11.3. The molecule has 1 N–H and O–H groups in total. The summed E-state index contributed by atoms with van der Waals surface area (Å²) >= 11 is 1.45. The number of amides is 1. The Morgan fingerprint density at radius 1 is 1.11 bits per heavy atom. The lowest BCUT2D eigenvalue weighted by atomic mass is 10.2. The van der Waals surface area contributed by atoms with E-state index in [9.17, 15) is 4.79 Å². The summed E-state index contributed by atoms with van der Waals surface area (Å²) in [4.78, 5) is 14.5. The monoisotopic (exact) mass is 401 g/mol. The third kappa shape index (κ3) is 5.50. The lowest BCUT2D eigenvalue weighted by molar-refractivity contribution is -0.118. The number of carbonyl (C=O) groups is 1. The Morgan fingerprint density at radius 2 is 1.86 bits per heavy atom. The van der Waals surface area contributed by atoms with Crippen molar-refractivity contribution in [3.8, 4) is 5.69 Å². The Labute approximate surface area is 172 Å². The van der Waals surface area contributed by atoms with Gasteiger partial charge in [-0.15, -0.1) is 10.2 Å². The number of aromatic nitrogens is 3. The van der Waals surface area contributed by atoms with E-state index in [1.807, 2.05) is 0 Å². The second kappa shape index (κ2) is 10.5. The number of nitrogens with zero attached hydrogens (tertiary/aromatic N) is 4. The summed E-state index contributed by atoms with van der Waals surface area (Å²) in [7, 11) is 0. The predicted molar refractivity (Wildman–Crippen MR) is 115 cm³/mol. The predicted octanol–water partition coefficient (Wildman–Crippen LogP) is 3.96. The van der Waals surface area contributed by atoms with Crippen molar-refractivity contribution in [1.29, 1.82) is 0 Å². The average Bonchev–Trinajstić information content (AvgIpc) is 3.36. The molecule has 1 aromatic carbocycles. The molecular formula is C21H31N5OS. The summed E-state index contributed by atoms with van der Waals surface area (Å²) in [5.74, 6) is 1.30. The zero-order valence-corrected chi connectivity index (χ0v) is 17.8. The topological polar surface area (TPSA) is 63.1 Å². The van der Waals surface area contributed by atoms with Crippen LogP contribution in [0.4, 0.5) is 5.95 Å². The Kier molecular flexibility index (Phi) is 7.77. The van der Waals surface area contributed by atoms with Crippen LogP contribution in [0.1, 0.15) is 51.0 Å². The summed E-state index contributed by atoms with van der Waals surface area (Å²) in [6.45, 7) is 7.04. The number of unbranched alkanes of at least 4 members (excludes halogenated alkanes) is 3. The second-order valence-electron chi connectivity index (χ2n) is 7.35. The van der Waals surface area contributed by atoms with Crippen LogP contribution in [-0.4, -0.2) is 46.1 Å². The van der Waals surface area contributed by atoms with Crippen LogP contribution in [0.3, 0.4) is 0 Å². The number of rotatable bonds is 10. The van der Waals surface area contributed by atoms with Gasteiger partial charge in [0.05, 0.1) is 11.4 Å². The minimum Gasteiger partial charge on any atom is -0.355 e. The first-order chi connectivity index (χ1) is 13.7. The minimum absolute atomic E-state index is 0.0580. The molecule has 152 valence electrons. The van der Waals surface area contributed by atoms with E-state index in [0.717, 1.165) is 42.8 Å². The van der Waals surface area contributed by atoms with Gasteiger partial charge in [0.1, 0.15) is 0 Å². The molecule has 3 rings (SSSR count). The van der Waals surface area contributed by atoms with Crippen LogP contribution >= 0.6 is 11.8 Å². The maximum Gasteiger partial charge on any atom is 0.232 e. The van der Waals surface area contributed by atoms with Crippen molar-refractivity contribution in [2.45, 2.75) is 57.5 Å². The summed E-state index contributed by atoms with van der Waals surface area (Å²) in [6, 6.07) is 8.38. The highest BCUT2D eigenvalue weighted by Crippen LogP contribution is 2.28. The molecule has 1 fully saturated rings. The number of nitrogens with one attached hydrogen (secondary N) is 1. The zero-order valence-electron chi connectivity index (χ0n) is 17.0. The molecule has 0 aliphatic carbocycles. The highest BCUT2D eigenvalue weighted by molar-refractivity contribution is 7.99. The third-order valence-corrected chi connectivity index (χ3v) is 5.91. The standard InChI is InChI=1S/C21H31N5OS/c1-3-4-5-6-13-22-19(27)16-28-21-24-23-20(25-14-7-8-15-25)26(21)18-11-9-17(2)10-12-18/h9-12H,3-8,13-16H2,1-2H3,(H,22,27). The lowest BCUT2D eigenvalue weighted by Gasteiger charge is -2.18. The molecule has 1 aliphatic heterocycles. The van der Waals surface area contributed by atoms with Gasteiger partial charge in [0.25, 0.3) is 0 Å². The smallest absolute Gasteiger partial charge is 0.232 e. The van der Waals surface area contributed by atoms with E-state index in [-0.39, 0.29) is 5.91 Å². The Morgan fingerprint density at radius 3 is 2.57 bits per heavy atom. The van der Waals surface area contributed by atoms with Crippen molar-refractivity contribution in [3.63, 3.8) is 0 Å². The van der Waals surface area contributed by atoms with Gasteiger partial charge >= 0.3 is 0 Å². The van der Waals surface area contributed by atoms with Gasteiger partial charge in [0, 0.05) is 19.6 Å². The van der Waals surface area contributed by atoms with Crippen LogP contribution in [0.25, 0.3) is 5.69 Å². The number of aryl methyl sites for hydroxylation is 1. The molecule has 28 heavy (non-hydrogen) atoms. The maximum atomic E-state index is 12.2. The molecule has 6 nitrogen and oxygen atoms in total. The fraction of sp³-hybridized carbons (Fsp3) is 0.571. The molecule has 0 spiro atoms. The number of thioether (sulfide) groups is 1. The Balaban J connectivity index is 1.67. The fourth-order valence-electron chi connectivity index (χ4n) is 3.36. The molecule has 2 aromatic rings. The van der Waals surface area contributed by atoms with Crippen molar-refractivity contribution >= 4 is 23.6 Å². The van der Waals surface area contributed by atoms with Crippen LogP contribution < -0.4 is 10.2 Å². The fourth-order valence-corrected chi connectivity index (χ4v) is 4.14. The van der Waals surface area contributed by atoms with Crippen molar-refractivity contribution in [3.05, 3.63) is 29.8 Å². The molecule has 1 aromatic heterocycles. The third-order valence-electron chi connectivity index (χ3n) is 4.98. The van der Waals surface area contributed by atoms with Crippen LogP contribution in [-0.2, 0) is 4.79 Å². The molecule has 0 bridgehead atoms. The number of hydrogen-bond donors (Lipinski definition) is 1. The second-order valence-corrected chi connectivity index (χ2v) is 8.29. The van der Waals surface area contributed by atoms with Crippen molar-refractivity contribution < 1.29 is 4.79 Å². The average molecular weight is 402 g/mol. The summed E-state index contributed by atoms with van der Waals surface area (Å²) in [5.41, 5.74) is 2.26. The molecule has 2 heterocycles. The highest BCUT2D eigenvalue weighted by Gasteiger charge is 2.22. The number of carbonyl (C=O) groups excluding carboxylic acids is 1. The Hall–Kier alpha value is -2.02. The highest BCUT2D eigenvalue weighted by atomic mass is 32.2. The minimum atomic E-state index is 0.0580. The van der Waals surface area contributed by atoms with E-state index in [2.05, 4.69) is 63.1 Å². The molecule has 0 atom stereocenters. The van der Waals surface area contributed by atoms with Gasteiger partial charge in [-0.3, -0.25) is 9.36 Å². The van der Waals surface area contributed by atoms with Crippen LogP contribution in [0.2, 0.25) is 0 Å². The SMILES string of the molecule is CCCCCCNC(=O)CSc1nnc(N2CCCC2)n1-c1ccc(C)cc1. The molecule has 1 amide bonds. The van der Waals surface area contributed by atoms with E-state index in [4.69, 9.17) is 0 Å². The molecule has 1 aliphatic rings. The van der Waals surface area contributed by atoms with Crippen LogP contribution in [0, 0.1) is 6.92 Å². The number of anilines is 1. The van der Waals surface area contributed by atoms with Gasteiger partial charge < -0.3 is 10.2 Å². The molecular weight excluding hydrogens is 370 g/mol. The van der Waals surface area contributed by atoms with Gasteiger partial charge in [0.15, 0.2) is 5.16 Å². The summed E-state index contributed by atoms with van der Waals surface area (Å²) in [6.07, 6.45) is 7.02. The van der Waals surface area contributed by atoms with Gasteiger partial charge in [-0.05, 0) is 38.3 Å². The largest absolute Gasteiger partial charge is 0.355 e. The van der Waals surface area contributed by atoms with Crippen LogP contribution in [0.5, 0.6) is 0 Å². The summed E-state index contributed by atoms with van der Waals surface area (Å²) in [5, 5.41) is 12.6. The van der Waals surface area contributed by atoms with Crippen molar-refractivity contribution in [1.82, 2.24) is 20.1 Å². The van der Waals surface area contributed by atoms with Gasteiger partial charge in [-0.1, -0.05) is 55.6 Å². The quantitative estimate of drug-likeness (QED) is 0.482. The number of benzene rings is 1. The van der Waals surface area contributed by atoms with Gasteiger partial charge in [-0.25, -0.2) is 0 Å². The molecule has 0 saturated carbocycles. The number of hydrogen-bond acceptors (Lipinski definition) is 5. The van der Waals surface area contributed by atoms with E-state index < -0.39 is 0 Å². The molecule has 7 heteroatoms. The van der Waals surface area contributed by atoms with Crippen LogP contribution in [0.15, 0.2) is 29.4 Å². The maximum absolute atomic E-state index is 12.2. The zero-order chi connectivity index (χ0) is 19.8. The molecule has 1 saturated heterocycles. The first-order valence-electron chi connectivity index (χ1n) is 10.4. The van der Waals surface area contributed by atoms with Crippen molar-refractivity contribution in [2.24, 2.45) is 0 Å². The molecule has 0 unspecified atom stereocenters. The van der Waals surface area contributed by atoms with E-state index in [1.54, 1.807) is 0 Å². The molecule has 0 radical (unpaired) electrons. The van der Waals surface area contributed by atoms with Gasteiger partial charge in [-0.2, -0.15) is 0 Å². The van der Waals surface area contributed by atoms with Crippen molar-refractivity contribution in [2.75, 3.05) is 30.3 Å². The van der Waals surface area contributed by atoms with E-state index in [1.165, 1.54) is 49.4 Å². The van der Waals surface area contributed by atoms with E-state index >= 15 is 0 Å². The Bertz CT molecular complexity index is 753. The van der Waals surface area contributed by atoms with Gasteiger partial charge in [0.2, 0.25) is 11.9 Å². The lowest BCUT2D eigenvalue weighted by Crippen LogP contribution is -2.26. The normalized spacial score (nSPS) is 13.9. The first kappa shape index (κ1) is 20.7.